The number of nitrogens with one attached hydrogen (secondary N) is 2. The lowest BCUT2D eigenvalue weighted by molar-refractivity contribution is -0.122. The predicted octanol–water partition coefficient (Wildman–Crippen LogP) is 1.86. The van der Waals surface area contributed by atoms with Crippen molar-refractivity contribution in [2.45, 2.75) is 13.8 Å². The molecule has 1 aromatic carbocycles. The molecule has 6 heteroatoms. The van der Waals surface area contributed by atoms with E-state index in [1.165, 1.54) is 4.90 Å². The van der Waals surface area contributed by atoms with Gasteiger partial charge in [0.15, 0.2) is 5.11 Å². The van der Waals surface area contributed by atoms with Gasteiger partial charge in [0.2, 0.25) is 5.91 Å². The van der Waals surface area contributed by atoms with Crippen molar-refractivity contribution in [3.63, 3.8) is 0 Å². The van der Waals surface area contributed by atoms with Crippen LogP contribution in [0.25, 0.3) is 0 Å². The van der Waals surface area contributed by atoms with Gasteiger partial charge in [-0.3, -0.25) is 9.59 Å². The second-order valence-corrected chi connectivity index (χ2v) is 5.28. The van der Waals surface area contributed by atoms with Crippen LogP contribution in [0.4, 0.5) is 5.69 Å². The Bertz CT molecular complexity index is 510. The van der Waals surface area contributed by atoms with Crippen LogP contribution in [0, 0.1) is 5.92 Å². The molecule has 0 atom stereocenters. The van der Waals surface area contributed by atoms with Crippen LogP contribution in [0.3, 0.4) is 0 Å². The molecule has 0 saturated carbocycles. The van der Waals surface area contributed by atoms with E-state index in [-0.39, 0.29) is 22.8 Å². The van der Waals surface area contributed by atoms with Gasteiger partial charge in [0.05, 0.1) is 0 Å². The number of carbonyl (C=O) groups is 2. The fraction of sp³-hybridized carbons (Fsp3) is 0.357. The third-order valence-electron chi connectivity index (χ3n) is 2.56. The lowest BCUT2D eigenvalue weighted by Crippen LogP contribution is -2.36. The highest BCUT2D eigenvalue weighted by Gasteiger charge is 2.10. The zero-order valence-corrected chi connectivity index (χ0v) is 12.9. The van der Waals surface area contributed by atoms with Crippen molar-refractivity contribution in [1.82, 2.24) is 10.2 Å². The molecule has 0 radical (unpaired) electrons. The minimum absolute atomic E-state index is 0.0627. The number of benzene rings is 1. The normalized spacial score (nSPS) is 10.1. The van der Waals surface area contributed by atoms with E-state index in [2.05, 4.69) is 10.6 Å². The maximum atomic E-state index is 11.7. The number of thiocarbonyl (C=S) groups is 1. The van der Waals surface area contributed by atoms with Gasteiger partial charge in [0.25, 0.3) is 5.91 Å². The smallest absolute Gasteiger partial charge is 0.253 e. The van der Waals surface area contributed by atoms with Gasteiger partial charge in [-0.25, -0.2) is 0 Å². The van der Waals surface area contributed by atoms with E-state index in [0.29, 0.717) is 5.56 Å². The first kappa shape index (κ1) is 16.1. The Hall–Kier alpha value is -1.95. The van der Waals surface area contributed by atoms with Crippen molar-refractivity contribution in [3.8, 4) is 0 Å². The molecule has 0 aliphatic rings. The van der Waals surface area contributed by atoms with Crippen molar-refractivity contribution in [3.05, 3.63) is 29.8 Å². The number of amides is 2. The molecule has 1 aromatic rings. The summed E-state index contributed by atoms with van der Waals surface area (Å²) in [5.74, 6) is -0.330. The number of rotatable bonds is 3. The lowest BCUT2D eigenvalue weighted by Gasteiger charge is -2.13. The van der Waals surface area contributed by atoms with Crippen LogP contribution in [0.15, 0.2) is 24.3 Å². The largest absolute Gasteiger partial charge is 0.345 e. The molecule has 2 N–H and O–H groups in total. The minimum Gasteiger partial charge on any atom is -0.345 e. The number of hydrogen-bond acceptors (Lipinski definition) is 3. The van der Waals surface area contributed by atoms with Crippen LogP contribution in [0.1, 0.15) is 24.2 Å². The van der Waals surface area contributed by atoms with E-state index in [9.17, 15) is 9.59 Å². The number of hydrogen-bond donors (Lipinski definition) is 2. The van der Waals surface area contributed by atoms with Crippen molar-refractivity contribution < 1.29 is 9.59 Å². The first-order valence-electron chi connectivity index (χ1n) is 6.25. The van der Waals surface area contributed by atoms with Crippen molar-refractivity contribution in [2.75, 3.05) is 19.4 Å². The summed E-state index contributed by atoms with van der Waals surface area (Å²) in [7, 11) is 3.40. The molecule has 0 fully saturated rings. The molecule has 0 saturated heterocycles. The van der Waals surface area contributed by atoms with Gasteiger partial charge in [-0.1, -0.05) is 13.8 Å². The SMILES string of the molecule is CC(C)C(=O)NC(=S)Nc1ccc(C(=O)N(C)C)cc1. The minimum atomic E-state index is -0.137. The van der Waals surface area contributed by atoms with Gasteiger partial charge in [0.1, 0.15) is 0 Å². The van der Waals surface area contributed by atoms with Gasteiger partial charge in [-0.2, -0.15) is 0 Å². The molecule has 2 amide bonds. The second-order valence-electron chi connectivity index (χ2n) is 4.88. The summed E-state index contributed by atoms with van der Waals surface area (Å²) < 4.78 is 0. The van der Waals surface area contributed by atoms with Crippen molar-refractivity contribution in [1.29, 1.82) is 0 Å². The maximum absolute atomic E-state index is 11.7. The zero-order valence-electron chi connectivity index (χ0n) is 12.1. The van der Waals surface area contributed by atoms with Crippen LogP contribution in [-0.2, 0) is 4.79 Å². The Morgan fingerprint density at radius 1 is 1.15 bits per heavy atom. The zero-order chi connectivity index (χ0) is 15.3. The van der Waals surface area contributed by atoms with Gasteiger partial charge in [-0.15, -0.1) is 0 Å². The predicted molar refractivity (Wildman–Crippen MR) is 83.7 cm³/mol. The number of carbonyl (C=O) groups excluding carboxylic acids is 2. The molecule has 1 rings (SSSR count). The van der Waals surface area contributed by atoms with E-state index in [1.807, 2.05) is 0 Å². The Morgan fingerprint density at radius 2 is 1.70 bits per heavy atom. The van der Waals surface area contributed by atoms with E-state index in [1.54, 1.807) is 52.2 Å². The van der Waals surface area contributed by atoms with Crippen LogP contribution < -0.4 is 10.6 Å². The summed E-state index contributed by atoms with van der Waals surface area (Å²) in [4.78, 5) is 24.7. The number of nitrogens with zero attached hydrogens (tertiary/aromatic N) is 1. The van der Waals surface area contributed by atoms with E-state index >= 15 is 0 Å². The van der Waals surface area contributed by atoms with E-state index in [0.717, 1.165) is 5.69 Å². The molecule has 0 aromatic heterocycles. The average Bonchev–Trinajstić information content (AvgIpc) is 2.38. The summed E-state index contributed by atoms with van der Waals surface area (Å²) in [5.41, 5.74) is 1.31. The van der Waals surface area contributed by atoms with Gasteiger partial charge >= 0.3 is 0 Å². The Morgan fingerprint density at radius 3 is 2.15 bits per heavy atom. The third kappa shape index (κ3) is 4.62. The standard InChI is InChI=1S/C14H19N3O2S/c1-9(2)12(18)16-14(20)15-11-7-5-10(6-8-11)13(19)17(3)4/h5-9H,1-4H3,(H2,15,16,18,20). The highest BCUT2D eigenvalue weighted by atomic mass is 32.1. The summed E-state index contributed by atoms with van der Waals surface area (Å²) in [6.45, 7) is 3.58. The Balaban J connectivity index is 2.64. The molecule has 0 spiro atoms. The first-order chi connectivity index (χ1) is 9.31. The number of anilines is 1. The highest BCUT2D eigenvalue weighted by molar-refractivity contribution is 7.80. The summed E-state index contributed by atoms with van der Waals surface area (Å²) in [6.07, 6.45) is 0. The summed E-state index contributed by atoms with van der Waals surface area (Å²) in [6, 6.07) is 6.89. The second kappa shape index (κ2) is 7.00. The summed E-state index contributed by atoms with van der Waals surface area (Å²) >= 11 is 5.04. The van der Waals surface area contributed by atoms with Gasteiger partial charge in [-0.05, 0) is 36.5 Å². The topological polar surface area (TPSA) is 61.4 Å². The molecule has 0 aliphatic heterocycles. The fourth-order valence-electron chi connectivity index (χ4n) is 1.37. The van der Waals surface area contributed by atoms with Crippen LogP contribution in [-0.4, -0.2) is 35.9 Å². The van der Waals surface area contributed by atoms with Gasteiger partial charge in [0, 0.05) is 31.3 Å². The van der Waals surface area contributed by atoms with Crippen LogP contribution in [0.5, 0.6) is 0 Å². The Labute approximate surface area is 124 Å². The third-order valence-corrected chi connectivity index (χ3v) is 2.76. The van der Waals surface area contributed by atoms with Crippen molar-refractivity contribution >= 4 is 34.8 Å². The molecule has 5 nitrogen and oxygen atoms in total. The first-order valence-corrected chi connectivity index (χ1v) is 6.65. The molecular formula is C14H19N3O2S. The summed E-state index contributed by atoms with van der Waals surface area (Å²) in [5, 5.41) is 5.73. The fourth-order valence-corrected chi connectivity index (χ4v) is 1.59. The monoisotopic (exact) mass is 293 g/mol. The lowest BCUT2D eigenvalue weighted by atomic mass is 10.2. The average molecular weight is 293 g/mol. The molecular weight excluding hydrogens is 274 g/mol. The van der Waals surface area contributed by atoms with Crippen molar-refractivity contribution in [2.24, 2.45) is 5.92 Å². The molecule has 0 aliphatic carbocycles. The quantitative estimate of drug-likeness (QED) is 0.835. The van der Waals surface area contributed by atoms with Crippen LogP contribution >= 0.6 is 12.2 Å². The maximum Gasteiger partial charge on any atom is 0.253 e. The molecule has 0 bridgehead atoms. The van der Waals surface area contributed by atoms with E-state index in [4.69, 9.17) is 12.2 Å². The molecule has 0 unspecified atom stereocenters. The molecule has 20 heavy (non-hydrogen) atoms. The highest BCUT2D eigenvalue weighted by Crippen LogP contribution is 2.10. The Kier molecular flexibility index (Phi) is 5.64. The van der Waals surface area contributed by atoms with E-state index < -0.39 is 0 Å². The van der Waals surface area contributed by atoms with Gasteiger partial charge < -0.3 is 15.5 Å². The molecule has 108 valence electrons. The molecule has 0 heterocycles. The van der Waals surface area contributed by atoms with Crippen LogP contribution in [0.2, 0.25) is 0 Å².